The van der Waals surface area contributed by atoms with Crippen molar-refractivity contribution in [1.82, 2.24) is 9.97 Å². The third-order valence-electron chi connectivity index (χ3n) is 3.15. The quantitative estimate of drug-likeness (QED) is 0.934. The normalized spacial score (nSPS) is 16.8. The Labute approximate surface area is 132 Å². The highest BCUT2D eigenvalue weighted by Gasteiger charge is 2.22. The zero-order valence-corrected chi connectivity index (χ0v) is 13.2. The van der Waals surface area contributed by atoms with Crippen molar-refractivity contribution in [2.75, 3.05) is 25.3 Å². The molecule has 21 heavy (non-hydrogen) atoms. The summed E-state index contributed by atoms with van der Waals surface area (Å²) in [6, 6.07) is 5.88. The van der Waals surface area contributed by atoms with Gasteiger partial charge in [-0.3, -0.25) is 0 Å². The number of thioether (sulfide) groups is 1. The zero-order chi connectivity index (χ0) is 14.8. The molecule has 0 fully saturated rings. The van der Waals surface area contributed by atoms with Crippen LogP contribution in [0.25, 0.3) is 0 Å². The summed E-state index contributed by atoms with van der Waals surface area (Å²) >= 11 is 7.75. The van der Waals surface area contributed by atoms with E-state index in [0.29, 0.717) is 11.8 Å². The lowest BCUT2D eigenvalue weighted by atomic mass is 10.2. The number of ether oxygens (including phenoxy) is 2. The van der Waals surface area contributed by atoms with E-state index < -0.39 is 0 Å². The second-order valence-corrected chi connectivity index (χ2v) is 5.96. The Morgan fingerprint density at radius 3 is 2.86 bits per heavy atom. The molecule has 0 bridgehead atoms. The fourth-order valence-electron chi connectivity index (χ4n) is 2.11. The first-order chi connectivity index (χ1) is 10.2. The van der Waals surface area contributed by atoms with Crippen LogP contribution in [0.1, 0.15) is 11.7 Å². The van der Waals surface area contributed by atoms with Crippen LogP contribution in [0.3, 0.4) is 0 Å². The molecule has 5 nitrogen and oxygen atoms in total. The number of nitrogens with zero attached hydrogens (tertiary/aromatic N) is 2. The molecule has 3 rings (SSSR count). The highest BCUT2D eigenvalue weighted by Crippen LogP contribution is 2.39. The SMILES string of the molecule is COc1ncc(C2CSc3cc(Cl)ccc3N2)nc1OC. The van der Waals surface area contributed by atoms with E-state index in [4.69, 9.17) is 21.1 Å². The summed E-state index contributed by atoms with van der Waals surface area (Å²) in [7, 11) is 3.09. The highest BCUT2D eigenvalue weighted by atomic mass is 35.5. The standard InChI is InChI=1S/C14H14ClN3O2S/c1-19-13-14(20-2)18-10(6-16-13)11-7-21-12-5-8(15)3-4-9(12)17-11/h3-6,11,17H,7H2,1-2H3. The summed E-state index contributed by atoms with van der Waals surface area (Å²) in [4.78, 5) is 9.84. The minimum Gasteiger partial charge on any atom is -0.477 e. The fraction of sp³-hybridized carbons (Fsp3) is 0.286. The third-order valence-corrected chi connectivity index (χ3v) is 4.53. The summed E-state index contributed by atoms with van der Waals surface area (Å²) < 4.78 is 10.3. The van der Waals surface area contributed by atoms with E-state index in [1.165, 1.54) is 0 Å². The van der Waals surface area contributed by atoms with Crippen LogP contribution in [0.15, 0.2) is 29.3 Å². The molecule has 1 aromatic carbocycles. The van der Waals surface area contributed by atoms with Gasteiger partial charge in [0.25, 0.3) is 11.8 Å². The molecule has 2 heterocycles. The number of aromatic nitrogens is 2. The van der Waals surface area contributed by atoms with Gasteiger partial charge in [-0.1, -0.05) is 11.6 Å². The Hall–Kier alpha value is -1.66. The smallest absolute Gasteiger partial charge is 0.278 e. The number of hydrogen-bond donors (Lipinski definition) is 1. The zero-order valence-electron chi connectivity index (χ0n) is 11.6. The first-order valence-electron chi connectivity index (χ1n) is 6.35. The number of benzene rings is 1. The first kappa shape index (κ1) is 14.3. The molecule has 1 atom stereocenters. The van der Waals surface area contributed by atoms with Crippen molar-refractivity contribution >= 4 is 29.1 Å². The summed E-state index contributed by atoms with van der Waals surface area (Å²) in [6.45, 7) is 0. The van der Waals surface area contributed by atoms with Crippen LogP contribution in [-0.4, -0.2) is 29.9 Å². The number of fused-ring (bicyclic) bond motifs is 1. The second-order valence-electron chi connectivity index (χ2n) is 4.46. The number of hydrogen-bond acceptors (Lipinski definition) is 6. The van der Waals surface area contributed by atoms with Crippen molar-refractivity contribution in [3.63, 3.8) is 0 Å². The van der Waals surface area contributed by atoms with Crippen LogP contribution in [-0.2, 0) is 0 Å². The lowest BCUT2D eigenvalue weighted by molar-refractivity contribution is 0.329. The summed E-state index contributed by atoms with van der Waals surface area (Å²) in [5.74, 6) is 1.62. The van der Waals surface area contributed by atoms with E-state index in [1.807, 2.05) is 18.2 Å². The largest absolute Gasteiger partial charge is 0.477 e. The Bertz CT molecular complexity index is 669. The van der Waals surface area contributed by atoms with Gasteiger partial charge in [0, 0.05) is 21.4 Å². The van der Waals surface area contributed by atoms with Crippen LogP contribution in [0.5, 0.6) is 11.8 Å². The Morgan fingerprint density at radius 2 is 2.10 bits per heavy atom. The monoisotopic (exact) mass is 323 g/mol. The van der Waals surface area contributed by atoms with Crippen molar-refractivity contribution in [1.29, 1.82) is 0 Å². The minimum atomic E-state index is 0.0657. The second kappa shape index (κ2) is 5.99. The van der Waals surface area contributed by atoms with E-state index in [1.54, 1.807) is 32.2 Å². The molecule has 110 valence electrons. The van der Waals surface area contributed by atoms with E-state index in [0.717, 1.165) is 27.1 Å². The first-order valence-corrected chi connectivity index (χ1v) is 7.71. The van der Waals surface area contributed by atoms with Crippen molar-refractivity contribution in [3.8, 4) is 11.8 Å². The summed E-state index contributed by atoms with van der Waals surface area (Å²) in [5, 5.41) is 4.19. The minimum absolute atomic E-state index is 0.0657. The molecule has 0 spiro atoms. The van der Waals surface area contributed by atoms with E-state index in [2.05, 4.69) is 15.3 Å². The van der Waals surface area contributed by atoms with Crippen molar-refractivity contribution in [2.45, 2.75) is 10.9 Å². The van der Waals surface area contributed by atoms with E-state index >= 15 is 0 Å². The van der Waals surface area contributed by atoms with Gasteiger partial charge in [0.15, 0.2) is 0 Å². The number of methoxy groups -OCH3 is 2. The molecule has 0 saturated heterocycles. The van der Waals surface area contributed by atoms with Gasteiger partial charge < -0.3 is 14.8 Å². The average Bonchev–Trinajstić information content (AvgIpc) is 2.53. The van der Waals surface area contributed by atoms with Gasteiger partial charge in [-0.25, -0.2) is 9.97 Å². The number of nitrogens with one attached hydrogen (secondary N) is 1. The molecule has 0 saturated carbocycles. The van der Waals surface area contributed by atoms with Crippen LogP contribution in [0.4, 0.5) is 5.69 Å². The average molecular weight is 324 g/mol. The molecule has 1 unspecified atom stereocenters. The Balaban J connectivity index is 1.87. The van der Waals surface area contributed by atoms with Crippen molar-refractivity contribution in [3.05, 3.63) is 35.1 Å². The maximum atomic E-state index is 6.01. The molecule has 1 aliphatic heterocycles. The Morgan fingerprint density at radius 1 is 1.29 bits per heavy atom. The molecule has 7 heteroatoms. The predicted molar refractivity (Wildman–Crippen MR) is 83.7 cm³/mol. The maximum Gasteiger partial charge on any atom is 0.278 e. The van der Waals surface area contributed by atoms with Crippen LogP contribution in [0.2, 0.25) is 5.02 Å². The van der Waals surface area contributed by atoms with Crippen LogP contribution in [0, 0.1) is 0 Å². The lowest BCUT2D eigenvalue weighted by Crippen LogP contribution is -2.19. The molecule has 1 aromatic heterocycles. The number of rotatable bonds is 3. The molecular weight excluding hydrogens is 310 g/mol. The van der Waals surface area contributed by atoms with Gasteiger partial charge in [0.2, 0.25) is 0 Å². The highest BCUT2D eigenvalue weighted by molar-refractivity contribution is 7.99. The third kappa shape index (κ3) is 2.87. The molecule has 1 N–H and O–H groups in total. The van der Waals surface area contributed by atoms with Gasteiger partial charge >= 0.3 is 0 Å². The van der Waals surface area contributed by atoms with Crippen molar-refractivity contribution < 1.29 is 9.47 Å². The van der Waals surface area contributed by atoms with E-state index in [9.17, 15) is 0 Å². The predicted octanol–water partition coefficient (Wildman–Crippen LogP) is 3.41. The summed E-state index contributed by atoms with van der Waals surface area (Å²) in [6.07, 6.45) is 1.71. The fourth-order valence-corrected chi connectivity index (χ4v) is 3.44. The molecule has 1 aliphatic rings. The molecule has 0 radical (unpaired) electrons. The topological polar surface area (TPSA) is 56.3 Å². The lowest BCUT2D eigenvalue weighted by Gasteiger charge is -2.26. The van der Waals surface area contributed by atoms with Gasteiger partial charge in [0.1, 0.15) is 0 Å². The molecule has 0 aliphatic carbocycles. The van der Waals surface area contributed by atoms with Gasteiger partial charge in [0.05, 0.1) is 32.2 Å². The number of halogens is 1. The van der Waals surface area contributed by atoms with Crippen molar-refractivity contribution in [2.24, 2.45) is 0 Å². The molecule has 2 aromatic rings. The molecular formula is C14H14ClN3O2S. The van der Waals surface area contributed by atoms with Gasteiger partial charge in [-0.05, 0) is 18.2 Å². The van der Waals surface area contributed by atoms with Gasteiger partial charge in [-0.2, -0.15) is 0 Å². The number of anilines is 1. The Kier molecular flexibility index (Phi) is 4.07. The van der Waals surface area contributed by atoms with Crippen LogP contribution < -0.4 is 14.8 Å². The van der Waals surface area contributed by atoms with Crippen LogP contribution >= 0.6 is 23.4 Å². The molecule has 0 amide bonds. The van der Waals surface area contributed by atoms with E-state index in [-0.39, 0.29) is 6.04 Å². The maximum absolute atomic E-state index is 6.01. The van der Waals surface area contributed by atoms with Gasteiger partial charge in [-0.15, -0.1) is 11.8 Å². The summed E-state index contributed by atoms with van der Waals surface area (Å²) in [5.41, 5.74) is 1.87.